The van der Waals surface area contributed by atoms with E-state index in [2.05, 4.69) is 4.72 Å². The average molecular weight is 335 g/mol. The van der Waals surface area contributed by atoms with Crippen LogP contribution in [0, 0.1) is 0 Å². The number of methoxy groups -OCH3 is 2. The Morgan fingerprint density at radius 1 is 1.04 bits per heavy atom. The van der Waals surface area contributed by atoms with Crippen LogP contribution in [0.5, 0.6) is 11.5 Å². The molecule has 0 bridgehead atoms. The van der Waals surface area contributed by atoms with Gasteiger partial charge in [0.15, 0.2) is 0 Å². The second-order valence-corrected chi connectivity index (χ2v) is 6.91. The van der Waals surface area contributed by atoms with Crippen LogP contribution in [-0.4, -0.2) is 28.7 Å². The second-order valence-electron chi connectivity index (χ2n) is 5.23. The van der Waals surface area contributed by atoms with E-state index in [-0.39, 0.29) is 16.7 Å². The second kappa shape index (κ2) is 7.48. The number of benzene rings is 2. The molecular weight excluding hydrogens is 314 g/mol. The third-order valence-corrected chi connectivity index (χ3v) is 5.01. The van der Waals surface area contributed by atoms with E-state index in [1.807, 2.05) is 37.3 Å². The van der Waals surface area contributed by atoms with Gasteiger partial charge in [0.1, 0.15) is 16.4 Å². The number of hydrogen-bond acceptors (Lipinski definition) is 4. The van der Waals surface area contributed by atoms with Crippen LogP contribution in [-0.2, 0) is 16.4 Å². The first-order valence-electron chi connectivity index (χ1n) is 7.24. The maximum Gasteiger partial charge on any atom is 0.244 e. The van der Waals surface area contributed by atoms with Crippen LogP contribution in [0.4, 0.5) is 0 Å². The minimum Gasteiger partial charge on any atom is -0.497 e. The van der Waals surface area contributed by atoms with Gasteiger partial charge in [-0.1, -0.05) is 30.3 Å². The molecule has 0 aromatic heterocycles. The minimum atomic E-state index is -3.71. The van der Waals surface area contributed by atoms with Gasteiger partial charge in [0.25, 0.3) is 0 Å². The van der Waals surface area contributed by atoms with E-state index in [0.29, 0.717) is 12.2 Å². The Morgan fingerprint density at radius 3 is 2.35 bits per heavy atom. The molecule has 6 heteroatoms. The van der Waals surface area contributed by atoms with Gasteiger partial charge in [-0.2, -0.15) is 0 Å². The van der Waals surface area contributed by atoms with Gasteiger partial charge in [-0.05, 0) is 31.0 Å². The van der Waals surface area contributed by atoms with E-state index in [4.69, 9.17) is 9.47 Å². The van der Waals surface area contributed by atoms with Crippen molar-refractivity contribution >= 4 is 10.0 Å². The number of hydrogen-bond donors (Lipinski definition) is 1. The Balaban J connectivity index is 2.21. The van der Waals surface area contributed by atoms with Gasteiger partial charge in [0.2, 0.25) is 10.0 Å². The highest BCUT2D eigenvalue weighted by Crippen LogP contribution is 2.28. The van der Waals surface area contributed by atoms with E-state index >= 15 is 0 Å². The summed E-state index contributed by atoms with van der Waals surface area (Å²) >= 11 is 0. The van der Waals surface area contributed by atoms with Gasteiger partial charge in [-0.3, -0.25) is 0 Å². The van der Waals surface area contributed by atoms with Gasteiger partial charge in [-0.15, -0.1) is 0 Å². The van der Waals surface area contributed by atoms with E-state index in [0.717, 1.165) is 5.56 Å². The molecule has 0 aliphatic rings. The fraction of sp³-hybridized carbons (Fsp3) is 0.294. The van der Waals surface area contributed by atoms with Crippen LogP contribution in [0.1, 0.15) is 12.5 Å². The highest BCUT2D eigenvalue weighted by atomic mass is 32.2. The molecule has 0 unspecified atom stereocenters. The van der Waals surface area contributed by atoms with Crippen LogP contribution in [0.2, 0.25) is 0 Å². The number of rotatable bonds is 7. The molecule has 0 aliphatic heterocycles. The molecule has 0 aliphatic carbocycles. The summed E-state index contributed by atoms with van der Waals surface area (Å²) < 4.78 is 38.2. The summed E-state index contributed by atoms with van der Waals surface area (Å²) in [5, 5.41) is 0. The van der Waals surface area contributed by atoms with E-state index in [9.17, 15) is 8.42 Å². The lowest BCUT2D eigenvalue weighted by Crippen LogP contribution is -2.34. The zero-order valence-corrected chi connectivity index (χ0v) is 14.3. The quantitative estimate of drug-likeness (QED) is 0.845. The summed E-state index contributed by atoms with van der Waals surface area (Å²) in [7, 11) is -0.781. The number of ether oxygens (including phenoxy) is 2. The lowest BCUT2D eigenvalue weighted by Gasteiger charge is -2.16. The maximum atomic E-state index is 12.6. The van der Waals surface area contributed by atoms with E-state index in [1.54, 1.807) is 12.1 Å². The first-order chi connectivity index (χ1) is 11.0. The first-order valence-corrected chi connectivity index (χ1v) is 8.73. The molecular formula is C17H21NO4S. The minimum absolute atomic E-state index is 0.0688. The molecule has 2 aromatic rings. The van der Waals surface area contributed by atoms with Crippen LogP contribution < -0.4 is 14.2 Å². The smallest absolute Gasteiger partial charge is 0.244 e. The summed E-state index contributed by atoms with van der Waals surface area (Å²) in [5.41, 5.74) is 1.07. The zero-order valence-electron chi connectivity index (χ0n) is 13.4. The van der Waals surface area contributed by atoms with Crippen LogP contribution in [0.25, 0.3) is 0 Å². The normalized spacial score (nSPS) is 12.7. The summed E-state index contributed by atoms with van der Waals surface area (Å²) in [6.07, 6.45) is 0.604. The summed E-state index contributed by atoms with van der Waals surface area (Å²) in [5.74, 6) is 0.743. The Morgan fingerprint density at radius 2 is 1.74 bits per heavy atom. The maximum absolute atomic E-state index is 12.6. The fourth-order valence-corrected chi connectivity index (χ4v) is 3.76. The SMILES string of the molecule is COc1ccc(OC)c(S(=O)(=O)N[C@@H](C)Cc2ccccc2)c1. The van der Waals surface area contributed by atoms with E-state index in [1.165, 1.54) is 20.3 Å². The molecule has 23 heavy (non-hydrogen) atoms. The highest BCUT2D eigenvalue weighted by Gasteiger charge is 2.22. The molecule has 0 amide bonds. The van der Waals surface area contributed by atoms with Crippen molar-refractivity contribution in [2.45, 2.75) is 24.3 Å². The topological polar surface area (TPSA) is 64.6 Å². The van der Waals surface area contributed by atoms with Crippen molar-refractivity contribution in [2.24, 2.45) is 0 Å². The third kappa shape index (κ3) is 4.46. The molecule has 0 spiro atoms. The molecule has 0 heterocycles. The van der Waals surface area contributed by atoms with Crippen molar-refractivity contribution in [1.29, 1.82) is 0 Å². The third-order valence-electron chi connectivity index (χ3n) is 3.40. The molecule has 5 nitrogen and oxygen atoms in total. The van der Waals surface area contributed by atoms with Crippen LogP contribution >= 0.6 is 0 Å². The first kappa shape index (κ1) is 17.3. The van der Waals surface area contributed by atoms with Gasteiger partial charge in [0, 0.05) is 12.1 Å². The number of nitrogens with one attached hydrogen (secondary N) is 1. The molecule has 0 saturated carbocycles. The predicted octanol–water partition coefficient (Wildman–Crippen LogP) is 2.61. The molecule has 2 rings (SSSR count). The van der Waals surface area contributed by atoms with Crippen LogP contribution in [0.3, 0.4) is 0 Å². The van der Waals surface area contributed by atoms with Crippen molar-refractivity contribution < 1.29 is 17.9 Å². The Labute approximate surface area is 137 Å². The molecule has 0 fully saturated rings. The average Bonchev–Trinajstić information content (AvgIpc) is 2.54. The highest BCUT2D eigenvalue weighted by molar-refractivity contribution is 7.89. The van der Waals surface area contributed by atoms with Gasteiger partial charge < -0.3 is 9.47 Å². The van der Waals surface area contributed by atoms with Crippen molar-refractivity contribution in [3.63, 3.8) is 0 Å². The van der Waals surface area contributed by atoms with Gasteiger partial charge in [0.05, 0.1) is 14.2 Å². The van der Waals surface area contributed by atoms with Gasteiger partial charge in [-0.25, -0.2) is 13.1 Å². The Hall–Kier alpha value is -2.05. The Bertz CT molecular complexity index is 744. The van der Waals surface area contributed by atoms with Gasteiger partial charge >= 0.3 is 0 Å². The zero-order chi connectivity index (χ0) is 16.9. The molecule has 124 valence electrons. The summed E-state index contributed by atoms with van der Waals surface area (Å²) in [6.45, 7) is 1.83. The fourth-order valence-electron chi connectivity index (χ4n) is 2.33. The molecule has 0 radical (unpaired) electrons. The van der Waals surface area contributed by atoms with Crippen molar-refractivity contribution in [3.8, 4) is 11.5 Å². The summed E-state index contributed by atoms with van der Waals surface area (Å²) in [6, 6.07) is 14.2. The lowest BCUT2D eigenvalue weighted by atomic mass is 10.1. The molecule has 1 atom stereocenters. The Kier molecular flexibility index (Phi) is 5.63. The van der Waals surface area contributed by atoms with E-state index < -0.39 is 10.0 Å². The predicted molar refractivity (Wildman–Crippen MR) is 89.5 cm³/mol. The van der Waals surface area contributed by atoms with Crippen molar-refractivity contribution in [2.75, 3.05) is 14.2 Å². The summed E-state index contributed by atoms with van der Waals surface area (Å²) in [4.78, 5) is 0.0688. The molecule has 2 aromatic carbocycles. The standard InChI is InChI=1S/C17H21NO4S/c1-13(11-14-7-5-4-6-8-14)18-23(19,20)17-12-15(21-2)9-10-16(17)22-3/h4-10,12-13,18H,11H2,1-3H3/t13-/m0/s1. The van der Waals surface area contributed by atoms with Crippen molar-refractivity contribution in [3.05, 3.63) is 54.1 Å². The van der Waals surface area contributed by atoms with Crippen LogP contribution in [0.15, 0.2) is 53.4 Å². The monoisotopic (exact) mass is 335 g/mol. The number of sulfonamides is 1. The largest absolute Gasteiger partial charge is 0.497 e. The lowest BCUT2D eigenvalue weighted by molar-refractivity contribution is 0.391. The van der Waals surface area contributed by atoms with Crippen molar-refractivity contribution in [1.82, 2.24) is 4.72 Å². The molecule has 1 N–H and O–H groups in total. The molecule has 0 saturated heterocycles.